The Morgan fingerprint density at radius 2 is 2.25 bits per heavy atom. The molecule has 1 aromatic carbocycles. The molecule has 3 nitrogen and oxygen atoms in total. The average molecular weight is 216 g/mol. The van der Waals surface area contributed by atoms with E-state index in [1.807, 2.05) is 31.3 Å². The predicted octanol–water partition coefficient (Wildman–Crippen LogP) is 2.26. The van der Waals surface area contributed by atoms with Gasteiger partial charge in [-0.25, -0.2) is 0 Å². The maximum absolute atomic E-state index is 11.3. The van der Waals surface area contributed by atoms with E-state index in [1.165, 1.54) is 5.56 Å². The van der Waals surface area contributed by atoms with Gasteiger partial charge in [0, 0.05) is 28.7 Å². The Kier molecular flexibility index (Phi) is 2.79. The van der Waals surface area contributed by atoms with Gasteiger partial charge < -0.3 is 10.7 Å². The van der Waals surface area contributed by atoms with Crippen molar-refractivity contribution in [2.45, 2.75) is 26.3 Å². The molecule has 0 saturated heterocycles. The van der Waals surface area contributed by atoms with Crippen LogP contribution in [0.15, 0.2) is 24.4 Å². The molecule has 0 unspecified atom stereocenters. The number of rotatable bonds is 3. The Labute approximate surface area is 94.6 Å². The van der Waals surface area contributed by atoms with E-state index < -0.39 is 0 Å². The quantitative estimate of drug-likeness (QED) is 0.773. The SMILES string of the molecule is CC(=O)c1ccc2[nH]cc(C[C@@H](C)N)c2c1. The van der Waals surface area contributed by atoms with Crippen LogP contribution in [0.3, 0.4) is 0 Å². The summed E-state index contributed by atoms with van der Waals surface area (Å²) in [6.07, 6.45) is 2.79. The van der Waals surface area contributed by atoms with E-state index in [0.717, 1.165) is 22.9 Å². The second kappa shape index (κ2) is 4.10. The van der Waals surface area contributed by atoms with Crippen LogP contribution in [0.1, 0.15) is 29.8 Å². The third kappa shape index (κ3) is 1.99. The molecule has 84 valence electrons. The van der Waals surface area contributed by atoms with Crippen LogP contribution in [0.4, 0.5) is 0 Å². The normalized spacial score (nSPS) is 12.9. The first kappa shape index (κ1) is 10.9. The van der Waals surface area contributed by atoms with E-state index in [1.54, 1.807) is 6.92 Å². The first-order valence-electron chi connectivity index (χ1n) is 5.44. The van der Waals surface area contributed by atoms with Crippen molar-refractivity contribution < 1.29 is 4.79 Å². The van der Waals surface area contributed by atoms with Gasteiger partial charge in [0.05, 0.1) is 0 Å². The molecule has 1 heterocycles. The first-order valence-corrected chi connectivity index (χ1v) is 5.44. The lowest BCUT2D eigenvalue weighted by atomic mass is 10.0. The van der Waals surface area contributed by atoms with Crippen molar-refractivity contribution in [2.24, 2.45) is 5.73 Å². The molecule has 0 amide bonds. The Balaban J connectivity index is 2.51. The fourth-order valence-corrected chi connectivity index (χ4v) is 1.91. The highest BCUT2D eigenvalue weighted by Crippen LogP contribution is 2.21. The van der Waals surface area contributed by atoms with Gasteiger partial charge in [-0.15, -0.1) is 0 Å². The standard InChI is InChI=1S/C13H16N2O/c1-8(14)5-11-7-15-13-4-3-10(9(2)16)6-12(11)13/h3-4,6-8,15H,5,14H2,1-2H3/t8-/m1/s1. The minimum atomic E-state index is 0.0925. The van der Waals surface area contributed by atoms with Crippen LogP contribution < -0.4 is 5.73 Å². The number of ketones is 1. The minimum Gasteiger partial charge on any atom is -0.361 e. The first-order chi connectivity index (χ1) is 7.58. The van der Waals surface area contributed by atoms with Crippen molar-refractivity contribution >= 4 is 16.7 Å². The fraction of sp³-hybridized carbons (Fsp3) is 0.308. The molecule has 0 aliphatic rings. The Hall–Kier alpha value is -1.61. The van der Waals surface area contributed by atoms with Crippen molar-refractivity contribution in [1.29, 1.82) is 0 Å². The highest BCUT2D eigenvalue weighted by Gasteiger charge is 2.08. The summed E-state index contributed by atoms with van der Waals surface area (Å²) in [7, 11) is 0. The molecular formula is C13H16N2O. The molecule has 0 aliphatic heterocycles. The van der Waals surface area contributed by atoms with Crippen LogP contribution in [0, 0.1) is 0 Å². The second-order valence-corrected chi connectivity index (χ2v) is 4.31. The molecule has 0 bridgehead atoms. The summed E-state index contributed by atoms with van der Waals surface area (Å²) < 4.78 is 0. The molecule has 16 heavy (non-hydrogen) atoms. The molecular weight excluding hydrogens is 200 g/mol. The highest BCUT2D eigenvalue weighted by molar-refractivity contribution is 5.98. The number of aromatic amines is 1. The molecule has 1 aromatic heterocycles. The lowest BCUT2D eigenvalue weighted by Gasteiger charge is -2.03. The van der Waals surface area contributed by atoms with E-state index in [-0.39, 0.29) is 11.8 Å². The van der Waals surface area contributed by atoms with Gasteiger partial charge >= 0.3 is 0 Å². The molecule has 2 rings (SSSR count). The van der Waals surface area contributed by atoms with Crippen LogP contribution in [0.2, 0.25) is 0 Å². The van der Waals surface area contributed by atoms with Gasteiger partial charge in [0.2, 0.25) is 0 Å². The van der Waals surface area contributed by atoms with Gasteiger partial charge in [0.1, 0.15) is 0 Å². The molecule has 2 aromatic rings. The summed E-state index contributed by atoms with van der Waals surface area (Å²) in [5.74, 6) is 0.0925. The van der Waals surface area contributed by atoms with Crippen LogP contribution in [-0.4, -0.2) is 16.8 Å². The van der Waals surface area contributed by atoms with E-state index >= 15 is 0 Å². The van der Waals surface area contributed by atoms with E-state index in [4.69, 9.17) is 5.73 Å². The largest absolute Gasteiger partial charge is 0.361 e. The number of carbonyl (C=O) groups excluding carboxylic acids is 1. The topological polar surface area (TPSA) is 58.9 Å². The third-order valence-electron chi connectivity index (χ3n) is 2.72. The van der Waals surface area contributed by atoms with Crippen molar-refractivity contribution in [3.8, 4) is 0 Å². The molecule has 0 spiro atoms. The Morgan fingerprint density at radius 1 is 1.50 bits per heavy atom. The fourth-order valence-electron chi connectivity index (χ4n) is 1.91. The van der Waals surface area contributed by atoms with Crippen molar-refractivity contribution in [3.63, 3.8) is 0 Å². The molecule has 1 atom stereocenters. The molecule has 0 radical (unpaired) electrons. The zero-order valence-electron chi connectivity index (χ0n) is 9.58. The summed E-state index contributed by atoms with van der Waals surface area (Å²) in [5, 5.41) is 1.10. The van der Waals surface area contributed by atoms with Crippen molar-refractivity contribution in [2.75, 3.05) is 0 Å². The number of fused-ring (bicyclic) bond motifs is 1. The van der Waals surface area contributed by atoms with E-state index in [9.17, 15) is 4.79 Å². The number of nitrogens with one attached hydrogen (secondary N) is 1. The van der Waals surface area contributed by atoms with E-state index in [0.29, 0.717) is 0 Å². The molecule has 3 heteroatoms. The van der Waals surface area contributed by atoms with Crippen LogP contribution in [0.5, 0.6) is 0 Å². The monoisotopic (exact) mass is 216 g/mol. The lowest BCUT2D eigenvalue weighted by molar-refractivity contribution is 0.101. The zero-order chi connectivity index (χ0) is 11.7. The summed E-state index contributed by atoms with van der Waals surface area (Å²) in [4.78, 5) is 14.5. The number of carbonyl (C=O) groups is 1. The maximum Gasteiger partial charge on any atom is 0.159 e. The minimum absolute atomic E-state index is 0.0925. The number of benzene rings is 1. The van der Waals surface area contributed by atoms with Crippen LogP contribution in [-0.2, 0) is 6.42 Å². The number of nitrogens with two attached hydrogens (primary N) is 1. The Morgan fingerprint density at radius 3 is 2.88 bits per heavy atom. The number of aromatic nitrogens is 1. The number of hydrogen-bond donors (Lipinski definition) is 2. The summed E-state index contributed by atoms with van der Waals surface area (Å²) in [5.41, 5.74) is 8.77. The number of H-pyrrole nitrogens is 1. The van der Waals surface area contributed by atoms with Crippen molar-refractivity contribution in [3.05, 3.63) is 35.5 Å². The molecule has 0 aliphatic carbocycles. The summed E-state index contributed by atoms with van der Waals surface area (Å²) >= 11 is 0. The smallest absolute Gasteiger partial charge is 0.159 e. The summed E-state index contributed by atoms with van der Waals surface area (Å²) in [6, 6.07) is 5.85. The van der Waals surface area contributed by atoms with Gasteiger partial charge in [-0.3, -0.25) is 4.79 Å². The average Bonchev–Trinajstić information content (AvgIpc) is 2.60. The summed E-state index contributed by atoms with van der Waals surface area (Å²) in [6.45, 7) is 3.56. The molecule has 0 fully saturated rings. The molecule has 0 saturated carbocycles. The highest BCUT2D eigenvalue weighted by atomic mass is 16.1. The van der Waals surface area contributed by atoms with Gasteiger partial charge in [-0.1, -0.05) is 0 Å². The van der Waals surface area contributed by atoms with Gasteiger partial charge in [-0.05, 0) is 44.0 Å². The van der Waals surface area contributed by atoms with Gasteiger partial charge in [0.25, 0.3) is 0 Å². The van der Waals surface area contributed by atoms with Gasteiger partial charge in [-0.2, -0.15) is 0 Å². The van der Waals surface area contributed by atoms with Crippen LogP contribution >= 0.6 is 0 Å². The van der Waals surface area contributed by atoms with Crippen LogP contribution in [0.25, 0.3) is 10.9 Å². The number of hydrogen-bond acceptors (Lipinski definition) is 2. The molecule has 3 N–H and O–H groups in total. The van der Waals surface area contributed by atoms with Gasteiger partial charge in [0.15, 0.2) is 5.78 Å². The Bertz CT molecular complexity index is 526. The third-order valence-corrected chi connectivity index (χ3v) is 2.72. The predicted molar refractivity (Wildman–Crippen MR) is 65.7 cm³/mol. The zero-order valence-corrected chi connectivity index (χ0v) is 9.58. The number of Topliss-reactive ketones (excluding diaryl/α,β-unsaturated/α-hetero) is 1. The van der Waals surface area contributed by atoms with E-state index in [2.05, 4.69) is 4.98 Å². The maximum atomic E-state index is 11.3. The second-order valence-electron chi connectivity index (χ2n) is 4.31. The van der Waals surface area contributed by atoms with Crippen molar-refractivity contribution in [1.82, 2.24) is 4.98 Å². The lowest BCUT2D eigenvalue weighted by Crippen LogP contribution is -2.17.